The van der Waals surface area contributed by atoms with Gasteiger partial charge in [-0.05, 0) is 19.1 Å². The summed E-state index contributed by atoms with van der Waals surface area (Å²) >= 11 is 0. The fourth-order valence-corrected chi connectivity index (χ4v) is 1.15. The number of esters is 1. The molecule has 4 N–H and O–H groups in total. The molecule has 5 nitrogen and oxygen atoms in total. The van der Waals surface area contributed by atoms with Crippen LogP contribution in [0.2, 0.25) is 0 Å². The van der Waals surface area contributed by atoms with Crippen LogP contribution in [0.15, 0.2) is 12.1 Å². The van der Waals surface area contributed by atoms with Gasteiger partial charge in [0.15, 0.2) is 0 Å². The summed E-state index contributed by atoms with van der Waals surface area (Å²) in [7, 11) is 0. The maximum atomic E-state index is 11.3. The van der Waals surface area contributed by atoms with E-state index in [0.29, 0.717) is 0 Å². The van der Waals surface area contributed by atoms with E-state index in [-0.39, 0.29) is 29.1 Å². The van der Waals surface area contributed by atoms with Crippen molar-refractivity contribution in [1.82, 2.24) is 0 Å². The van der Waals surface area contributed by atoms with Gasteiger partial charge >= 0.3 is 5.97 Å². The molecule has 0 heterocycles. The molecule has 0 aliphatic heterocycles. The second-order valence-electron chi connectivity index (χ2n) is 2.86. The minimum Gasteiger partial charge on any atom is -0.462 e. The van der Waals surface area contributed by atoms with Crippen LogP contribution in [0.1, 0.15) is 22.8 Å². The molecule has 0 aliphatic rings. The van der Waals surface area contributed by atoms with E-state index in [4.69, 9.17) is 21.5 Å². The van der Waals surface area contributed by atoms with E-state index in [0.717, 1.165) is 0 Å². The maximum absolute atomic E-state index is 11.3. The van der Waals surface area contributed by atoms with E-state index in [2.05, 4.69) is 0 Å². The quantitative estimate of drug-likeness (QED) is 0.551. The Kier molecular flexibility index (Phi) is 3.13. The van der Waals surface area contributed by atoms with Crippen LogP contribution in [-0.2, 0) is 4.74 Å². The van der Waals surface area contributed by atoms with Gasteiger partial charge in [-0.1, -0.05) is 0 Å². The average molecular weight is 205 g/mol. The van der Waals surface area contributed by atoms with Crippen molar-refractivity contribution in [2.45, 2.75) is 6.92 Å². The van der Waals surface area contributed by atoms with Crippen molar-refractivity contribution in [3.05, 3.63) is 23.3 Å². The van der Waals surface area contributed by atoms with Crippen LogP contribution in [0.25, 0.3) is 0 Å². The van der Waals surface area contributed by atoms with Gasteiger partial charge in [0.2, 0.25) is 0 Å². The van der Waals surface area contributed by atoms with Crippen molar-refractivity contribution in [3.8, 4) is 6.07 Å². The third-order valence-corrected chi connectivity index (χ3v) is 1.82. The minimum atomic E-state index is -0.500. The second-order valence-corrected chi connectivity index (χ2v) is 2.86. The van der Waals surface area contributed by atoms with Crippen LogP contribution >= 0.6 is 0 Å². The standard InChI is InChI=1S/C10H11N3O2/c1-2-15-10(14)6-3-8(12)7(5-11)9(13)4-6/h3-4H,2,12-13H2,1H3. The Labute approximate surface area is 87.2 Å². The Morgan fingerprint density at radius 1 is 1.47 bits per heavy atom. The summed E-state index contributed by atoms with van der Waals surface area (Å²) in [6.45, 7) is 1.98. The van der Waals surface area contributed by atoms with Crippen molar-refractivity contribution >= 4 is 17.3 Å². The van der Waals surface area contributed by atoms with E-state index in [1.54, 1.807) is 6.92 Å². The molecule has 1 aromatic carbocycles. The fourth-order valence-electron chi connectivity index (χ4n) is 1.15. The molecular weight excluding hydrogens is 194 g/mol. The lowest BCUT2D eigenvalue weighted by Gasteiger charge is -2.06. The number of carbonyl (C=O) groups is 1. The zero-order chi connectivity index (χ0) is 11.4. The minimum absolute atomic E-state index is 0.181. The molecule has 0 aromatic heterocycles. The van der Waals surface area contributed by atoms with E-state index in [9.17, 15) is 4.79 Å². The van der Waals surface area contributed by atoms with Gasteiger partial charge in [-0.15, -0.1) is 0 Å². The Morgan fingerprint density at radius 2 is 2.00 bits per heavy atom. The Morgan fingerprint density at radius 3 is 2.40 bits per heavy atom. The molecule has 0 bridgehead atoms. The predicted molar refractivity (Wildman–Crippen MR) is 55.9 cm³/mol. The number of nitrogen functional groups attached to an aromatic ring is 2. The van der Waals surface area contributed by atoms with Crippen molar-refractivity contribution in [2.24, 2.45) is 0 Å². The van der Waals surface area contributed by atoms with Crippen LogP contribution in [0.4, 0.5) is 11.4 Å². The van der Waals surface area contributed by atoms with Crippen LogP contribution in [-0.4, -0.2) is 12.6 Å². The lowest BCUT2D eigenvalue weighted by molar-refractivity contribution is 0.0526. The third kappa shape index (κ3) is 2.17. The normalized spacial score (nSPS) is 9.33. The Bertz CT molecular complexity index is 412. The van der Waals surface area contributed by atoms with Gasteiger partial charge in [0.1, 0.15) is 6.07 Å². The number of ether oxygens (including phenoxy) is 1. The summed E-state index contributed by atoms with van der Waals surface area (Å²) in [6, 6.07) is 4.62. The first-order valence-electron chi connectivity index (χ1n) is 4.36. The number of nitrogens with zero attached hydrogens (tertiary/aromatic N) is 1. The highest BCUT2D eigenvalue weighted by atomic mass is 16.5. The summed E-state index contributed by atoms with van der Waals surface area (Å²) in [5.41, 5.74) is 11.9. The largest absolute Gasteiger partial charge is 0.462 e. The number of hydrogen-bond acceptors (Lipinski definition) is 5. The molecule has 0 fully saturated rings. The molecule has 0 amide bonds. The summed E-state index contributed by atoms with van der Waals surface area (Å²) in [5.74, 6) is -0.500. The molecule has 0 saturated carbocycles. The first-order chi connectivity index (χ1) is 7.10. The number of rotatable bonds is 2. The number of anilines is 2. The van der Waals surface area contributed by atoms with Gasteiger partial charge in [-0.25, -0.2) is 4.79 Å². The lowest BCUT2D eigenvalue weighted by Crippen LogP contribution is -2.07. The van der Waals surface area contributed by atoms with Crippen LogP contribution < -0.4 is 11.5 Å². The molecule has 5 heteroatoms. The number of carbonyl (C=O) groups excluding carboxylic acids is 1. The highest BCUT2D eigenvalue weighted by Gasteiger charge is 2.11. The summed E-state index contributed by atoms with van der Waals surface area (Å²) < 4.78 is 4.78. The maximum Gasteiger partial charge on any atom is 0.338 e. The number of hydrogen-bond donors (Lipinski definition) is 2. The van der Waals surface area contributed by atoms with E-state index >= 15 is 0 Å². The van der Waals surface area contributed by atoms with Crippen molar-refractivity contribution in [3.63, 3.8) is 0 Å². The van der Waals surface area contributed by atoms with Gasteiger partial charge < -0.3 is 16.2 Å². The number of nitriles is 1. The fraction of sp³-hybridized carbons (Fsp3) is 0.200. The molecule has 0 unspecified atom stereocenters. The molecule has 1 rings (SSSR count). The third-order valence-electron chi connectivity index (χ3n) is 1.82. The molecule has 0 aliphatic carbocycles. The number of nitrogens with two attached hydrogens (primary N) is 2. The van der Waals surface area contributed by atoms with Crippen LogP contribution in [0.3, 0.4) is 0 Å². The smallest absolute Gasteiger partial charge is 0.338 e. The molecule has 1 aromatic rings. The topological polar surface area (TPSA) is 102 Å². The first kappa shape index (κ1) is 10.9. The number of benzene rings is 1. The molecular formula is C10H11N3O2. The first-order valence-corrected chi connectivity index (χ1v) is 4.36. The van der Waals surface area contributed by atoms with Gasteiger partial charge in [-0.2, -0.15) is 5.26 Å². The van der Waals surface area contributed by atoms with Gasteiger partial charge in [0, 0.05) is 0 Å². The Balaban J connectivity index is 3.15. The highest BCUT2D eigenvalue weighted by molar-refractivity contribution is 5.93. The summed E-state index contributed by atoms with van der Waals surface area (Å²) in [5, 5.41) is 8.71. The van der Waals surface area contributed by atoms with Crippen LogP contribution in [0, 0.1) is 11.3 Å². The highest BCUT2D eigenvalue weighted by Crippen LogP contribution is 2.21. The van der Waals surface area contributed by atoms with Crippen molar-refractivity contribution < 1.29 is 9.53 Å². The van der Waals surface area contributed by atoms with E-state index in [1.165, 1.54) is 12.1 Å². The second kappa shape index (κ2) is 4.33. The van der Waals surface area contributed by atoms with E-state index < -0.39 is 5.97 Å². The lowest BCUT2D eigenvalue weighted by atomic mass is 10.1. The molecule has 0 radical (unpaired) electrons. The summed E-state index contributed by atoms with van der Waals surface area (Å²) in [6.07, 6.45) is 0. The zero-order valence-electron chi connectivity index (χ0n) is 8.28. The van der Waals surface area contributed by atoms with Crippen molar-refractivity contribution in [2.75, 3.05) is 18.1 Å². The SMILES string of the molecule is CCOC(=O)c1cc(N)c(C#N)c(N)c1. The zero-order valence-corrected chi connectivity index (χ0v) is 8.28. The molecule has 0 spiro atoms. The average Bonchev–Trinajstić information content (AvgIpc) is 2.17. The Hall–Kier alpha value is -2.22. The molecule has 78 valence electrons. The molecule has 15 heavy (non-hydrogen) atoms. The van der Waals surface area contributed by atoms with Gasteiger partial charge in [-0.3, -0.25) is 0 Å². The van der Waals surface area contributed by atoms with Gasteiger partial charge in [0.05, 0.1) is 29.1 Å². The predicted octanol–water partition coefficient (Wildman–Crippen LogP) is 0.899. The summed E-state index contributed by atoms with van der Waals surface area (Å²) in [4.78, 5) is 11.3. The van der Waals surface area contributed by atoms with Gasteiger partial charge in [0.25, 0.3) is 0 Å². The molecule has 0 saturated heterocycles. The molecule has 0 atom stereocenters. The van der Waals surface area contributed by atoms with E-state index in [1.807, 2.05) is 6.07 Å². The monoisotopic (exact) mass is 205 g/mol. The van der Waals surface area contributed by atoms with Crippen LogP contribution in [0.5, 0.6) is 0 Å². The van der Waals surface area contributed by atoms with Crippen molar-refractivity contribution in [1.29, 1.82) is 5.26 Å².